The normalized spacial score (nSPS) is 17.1. The van der Waals surface area contributed by atoms with E-state index in [4.69, 9.17) is 0 Å². The Bertz CT molecular complexity index is 500. The summed E-state index contributed by atoms with van der Waals surface area (Å²) >= 11 is 0. The van der Waals surface area contributed by atoms with Crippen molar-refractivity contribution in [3.63, 3.8) is 0 Å². The van der Waals surface area contributed by atoms with Crippen LogP contribution in [0, 0.1) is 6.07 Å². The molecule has 1 saturated heterocycles. The first-order valence-corrected chi connectivity index (χ1v) is 6.13. The van der Waals surface area contributed by atoms with E-state index in [2.05, 4.69) is 45.1 Å². The second-order valence-corrected chi connectivity index (χ2v) is 4.55. The molecule has 18 heavy (non-hydrogen) atoms. The lowest BCUT2D eigenvalue weighted by molar-refractivity contribution is 0.313. The van der Waals surface area contributed by atoms with E-state index in [1.54, 1.807) is 17.1 Å². The molecule has 0 amide bonds. The first kappa shape index (κ1) is 11.2. The number of hydrogen-bond acceptors (Lipinski definition) is 4. The van der Waals surface area contributed by atoms with Crippen LogP contribution in [0.3, 0.4) is 0 Å². The van der Waals surface area contributed by atoms with Gasteiger partial charge in [-0.15, -0.1) is 0 Å². The second-order valence-electron chi connectivity index (χ2n) is 4.55. The van der Waals surface area contributed by atoms with Crippen LogP contribution in [0.15, 0.2) is 30.7 Å². The molecule has 1 fully saturated rings. The third-order valence-corrected chi connectivity index (χ3v) is 3.29. The van der Waals surface area contributed by atoms with Gasteiger partial charge in [0.05, 0.1) is 6.20 Å². The van der Waals surface area contributed by atoms with Crippen molar-refractivity contribution in [1.82, 2.24) is 19.7 Å². The highest BCUT2D eigenvalue weighted by Gasteiger charge is 2.14. The minimum atomic E-state index is 0.840. The molecule has 0 atom stereocenters. The van der Waals surface area contributed by atoms with Gasteiger partial charge in [-0.2, -0.15) is 5.10 Å². The quantitative estimate of drug-likeness (QED) is 0.781. The molecule has 2 aromatic heterocycles. The zero-order valence-corrected chi connectivity index (χ0v) is 10.5. The van der Waals surface area contributed by atoms with Crippen molar-refractivity contribution in [1.29, 1.82) is 0 Å². The van der Waals surface area contributed by atoms with Gasteiger partial charge in [0.25, 0.3) is 0 Å². The Labute approximate surface area is 107 Å². The van der Waals surface area contributed by atoms with Crippen LogP contribution in [0.4, 0.5) is 5.69 Å². The summed E-state index contributed by atoms with van der Waals surface area (Å²) in [5.74, 6) is 0.840. The minimum absolute atomic E-state index is 0.840. The fourth-order valence-electron chi connectivity index (χ4n) is 2.15. The summed E-state index contributed by atoms with van der Waals surface area (Å²) in [7, 11) is 2.16. The van der Waals surface area contributed by atoms with Crippen molar-refractivity contribution in [3.8, 4) is 5.82 Å². The molecule has 0 saturated carbocycles. The molecule has 3 rings (SSSR count). The van der Waals surface area contributed by atoms with Crippen LogP contribution in [0.25, 0.3) is 5.82 Å². The van der Waals surface area contributed by atoms with Crippen LogP contribution >= 0.6 is 0 Å². The lowest BCUT2D eigenvalue weighted by Gasteiger charge is -2.34. The highest BCUT2D eigenvalue weighted by Crippen LogP contribution is 2.17. The number of nitrogens with zero attached hydrogens (tertiary/aromatic N) is 5. The largest absolute Gasteiger partial charge is 0.369 e. The molecular weight excluding hydrogens is 226 g/mol. The SMILES string of the molecule is CN1CCN(c2ccnc(-n3c[c]cn3)c2)CC1. The fraction of sp³-hybridized carbons (Fsp3) is 0.385. The van der Waals surface area contributed by atoms with Crippen LogP contribution in [0.1, 0.15) is 0 Å². The van der Waals surface area contributed by atoms with E-state index in [1.165, 1.54) is 5.69 Å². The summed E-state index contributed by atoms with van der Waals surface area (Å²) in [4.78, 5) is 9.07. The summed E-state index contributed by atoms with van der Waals surface area (Å²) in [5.41, 5.74) is 1.21. The Morgan fingerprint density at radius 2 is 2.06 bits per heavy atom. The maximum atomic E-state index is 4.34. The van der Waals surface area contributed by atoms with Crippen LogP contribution < -0.4 is 4.90 Å². The standard InChI is InChI=1S/C13H16N5/c1-16-7-9-17(10-8-16)12-3-5-14-13(11-12)18-6-2-4-15-18/h3-6,11H,7-10H2,1H3. The van der Waals surface area contributed by atoms with E-state index in [0.717, 1.165) is 32.0 Å². The predicted molar refractivity (Wildman–Crippen MR) is 69.9 cm³/mol. The molecule has 0 unspecified atom stereocenters. The summed E-state index contributed by atoms with van der Waals surface area (Å²) in [6.45, 7) is 4.33. The van der Waals surface area contributed by atoms with Crippen molar-refractivity contribution >= 4 is 5.69 Å². The molecule has 2 aromatic rings. The summed E-state index contributed by atoms with van der Waals surface area (Å²) in [6, 6.07) is 7.06. The maximum absolute atomic E-state index is 4.34. The molecule has 93 valence electrons. The summed E-state index contributed by atoms with van der Waals surface area (Å²) in [6.07, 6.45) is 5.27. The van der Waals surface area contributed by atoms with Gasteiger partial charge in [-0.1, -0.05) is 0 Å². The average molecular weight is 242 g/mol. The molecule has 0 N–H and O–H groups in total. The first-order valence-electron chi connectivity index (χ1n) is 6.13. The van der Waals surface area contributed by atoms with Crippen molar-refractivity contribution in [2.75, 3.05) is 38.1 Å². The van der Waals surface area contributed by atoms with Gasteiger partial charge in [-0.25, -0.2) is 9.67 Å². The minimum Gasteiger partial charge on any atom is -0.369 e. The lowest BCUT2D eigenvalue weighted by atomic mass is 10.2. The number of hydrogen-bond donors (Lipinski definition) is 0. The Balaban J connectivity index is 1.83. The highest BCUT2D eigenvalue weighted by atomic mass is 15.3. The Morgan fingerprint density at radius 3 is 2.78 bits per heavy atom. The zero-order valence-electron chi connectivity index (χ0n) is 10.5. The van der Waals surface area contributed by atoms with Gasteiger partial charge < -0.3 is 9.80 Å². The van der Waals surface area contributed by atoms with Gasteiger partial charge in [-0.05, 0) is 13.1 Å². The molecule has 5 heteroatoms. The van der Waals surface area contributed by atoms with Crippen molar-refractivity contribution in [3.05, 3.63) is 36.8 Å². The third kappa shape index (κ3) is 2.22. The number of piperazine rings is 1. The van der Waals surface area contributed by atoms with E-state index < -0.39 is 0 Å². The van der Waals surface area contributed by atoms with E-state index in [-0.39, 0.29) is 0 Å². The second kappa shape index (κ2) is 4.78. The average Bonchev–Trinajstić information content (AvgIpc) is 2.94. The fourth-order valence-corrected chi connectivity index (χ4v) is 2.15. The molecule has 1 aliphatic rings. The summed E-state index contributed by atoms with van der Waals surface area (Å²) < 4.78 is 1.74. The Morgan fingerprint density at radius 1 is 1.22 bits per heavy atom. The molecule has 0 aliphatic carbocycles. The number of anilines is 1. The zero-order chi connectivity index (χ0) is 12.4. The van der Waals surface area contributed by atoms with E-state index in [1.807, 2.05) is 6.20 Å². The Hall–Kier alpha value is -1.88. The topological polar surface area (TPSA) is 37.2 Å². The van der Waals surface area contributed by atoms with Gasteiger partial charge in [0, 0.05) is 56.4 Å². The van der Waals surface area contributed by atoms with E-state index >= 15 is 0 Å². The van der Waals surface area contributed by atoms with Gasteiger partial charge in [0.15, 0.2) is 5.82 Å². The predicted octanol–water partition coefficient (Wildman–Crippen LogP) is 0.819. The first-order chi connectivity index (χ1) is 8.83. The van der Waals surface area contributed by atoms with E-state index in [0.29, 0.717) is 0 Å². The number of likely N-dealkylation sites (N-methyl/N-ethyl adjacent to an activating group) is 1. The van der Waals surface area contributed by atoms with Crippen LogP contribution in [0.5, 0.6) is 0 Å². The lowest BCUT2D eigenvalue weighted by Crippen LogP contribution is -2.44. The van der Waals surface area contributed by atoms with Crippen LogP contribution in [0.2, 0.25) is 0 Å². The molecule has 0 aromatic carbocycles. The monoisotopic (exact) mass is 242 g/mol. The van der Waals surface area contributed by atoms with Crippen molar-refractivity contribution in [2.24, 2.45) is 0 Å². The highest BCUT2D eigenvalue weighted by molar-refractivity contribution is 5.50. The molecule has 5 nitrogen and oxygen atoms in total. The summed E-state index contributed by atoms with van der Waals surface area (Å²) in [5, 5.41) is 4.16. The molecule has 1 radical (unpaired) electrons. The third-order valence-electron chi connectivity index (χ3n) is 3.29. The van der Waals surface area contributed by atoms with Gasteiger partial charge >= 0.3 is 0 Å². The van der Waals surface area contributed by atoms with Gasteiger partial charge in [0.1, 0.15) is 0 Å². The molecular formula is C13H16N5. The number of aromatic nitrogens is 3. The molecule has 3 heterocycles. The number of rotatable bonds is 2. The van der Waals surface area contributed by atoms with E-state index in [9.17, 15) is 0 Å². The Kier molecular flexibility index (Phi) is 2.98. The molecule has 0 spiro atoms. The molecule has 1 aliphatic heterocycles. The van der Waals surface area contributed by atoms with Crippen molar-refractivity contribution < 1.29 is 0 Å². The molecule has 0 bridgehead atoms. The van der Waals surface area contributed by atoms with Crippen molar-refractivity contribution in [2.45, 2.75) is 0 Å². The van der Waals surface area contributed by atoms with Crippen LogP contribution in [-0.4, -0.2) is 52.9 Å². The smallest absolute Gasteiger partial charge is 0.155 e. The van der Waals surface area contributed by atoms with Gasteiger partial charge in [-0.3, -0.25) is 0 Å². The van der Waals surface area contributed by atoms with Gasteiger partial charge in [0.2, 0.25) is 0 Å². The van der Waals surface area contributed by atoms with Crippen LogP contribution in [-0.2, 0) is 0 Å². The number of pyridine rings is 1. The maximum Gasteiger partial charge on any atom is 0.155 e.